The molecule has 98 valence electrons. The van der Waals surface area contributed by atoms with Crippen molar-refractivity contribution >= 4 is 15.9 Å². The Morgan fingerprint density at radius 2 is 2.17 bits per heavy atom. The Hall–Kier alpha value is -1.56. The van der Waals surface area contributed by atoms with Gasteiger partial charge in [-0.15, -0.1) is 0 Å². The molecular formula is C12H15NO4S. The van der Waals surface area contributed by atoms with Gasteiger partial charge in [-0.05, 0) is 17.7 Å². The Kier molecular flexibility index (Phi) is 3.30. The number of amides is 1. The molecule has 0 aromatic heterocycles. The van der Waals surface area contributed by atoms with E-state index >= 15 is 0 Å². The van der Waals surface area contributed by atoms with Crippen LogP contribution in [0.15, 0.2) is 24.3 Å². The van der Waals surface area contributed by atoms with E-state index in [9.17, 15) is 13.2 Å². The van der Waals surface area contributed by atoms with Gasteiger partial charge >= 0.3 is 0 Å². The van der Waals surface area contributed by atoms with E-state index < -0.39 is 15.9 Å². The zero-order chi connectivity index (χ0) is 13.3. The first kappa shape index (κ1) is 12.9. The third-order valence-electron chi connectivity index (χ3n) is 2.92. The number of sulfonamides is 1. The van der Waals surface area contributed by atoms with Crippen LogP contribution >= 0.6 is 0 Å². The van der Waals surface area contributed by atoms with Crippen LogP contribution in [0.4, 0.5) is 0 Å². The third-order valence-corrected chi connectivity index (χ3v) is 4.83. The number of rotatable bonds is 3. The van der Waals surface area contributed by atoms with Gasteiger partial charge in [0.25, 0.3) is 0 Å². The molecule has 0 radical (unpaired) electrons. The zero-order valence-corrected chi connectivity index (χ0v) is 11.1. The lowest BCUT2D eigenvalue weighted by Crippen LogP contribution is -2.29. The lowest BCUT2D eigenvalue weighted by atomic mass is 10.2. The van der Waals surface area contributed by atoms with E-state index in [0.29, 0.717) is 5.75 Å². The van der Waals surface area contributed by atoms with Gasteiger partial charge in [0.05, 0.1) is 25.3 Å². The summed E-state index contributed by atoms with van der Waals surface area (Å²) in [5.74, 6) is -0.251. The van der Waals surface area contributed by atoms with Crippen LogP contribution < -0.4 is 4.74 Å². The van der Waals surface area contributed by atoms with Crippen LogP contribution in [0.3, 0.4) is 0 Å². The van der Waals surface area contributed by atoms with Gasteiger partial charge in [-0.2, -0.15) is 0 Å². The van der Waals surface area contributed by atoms with Crippen molar-refractivity contribution in [3.63, 3.8) is 0 Å². The van der Waals surface area contributed by atoms with Crippen LogP contribution in [-0.2, 0) is 21.4 Å². The number of nitrogens with zero attached hydrogens (tertiary/aromatic N) is 1. The molecule has 1 saturated heterocycles. The lowest BCUT2D eigenvalue weighted by molar-refractivity contribution is -0.128. The summed E-state index contributed by atoms with van der Waals surface area (Å²) < 4.78 is 29.6. The summed E-state index contributed by atoms with van der Waals surface area (Å²) in [5, 5.41) is 0. The van der Waals surface area contributed by atoms with Gasteiger partial charge in [0.15, 0.2) is 0 Å². The summed E-state index contributed by atoms with van der Waals surface area (Å²) in [6, 6.07) is 7.04. The fourth-order valence-corrected chi connectivity index (χ4v) is 3.73. The number of methoxy groups -OCH3 is 1. The molecular weight excluding hydrogens is 254 g/mol. The smallest absolute Gasteiger partial charge is 0.240 e. The van der Waals surface area contributed by atoms with E-state index in [-0.39, 0.29) is 18.2 Å². The van der Waals surface area contributed by atoms with Gasteiger partial charge in [0, 0.05) is 0 Å². The molecule has 1 aliphatic heterocycles. The number of carbonyl (C=O) groups is 1. The summed E-state index contributed by atoms with van der Waals surface area (Å²) in [6.07, 6.45) is 0. The molecule has 5 nitrogen and oxygen atoms in total. The Balaban J connectivity index is 2.25. The zero-order valence-electron chi connectivity index (χ0n) is 10.3. The number of ether oxygens (including phenoxy) is 1. The van der Waals surface area contributed by atoms with Crippen molar-refractivity contribution in [2.75, 3.05) is 12.9 Å². The maximum atomic E-state index is 11.8. The van der Waals surface area contributed by atoms with E-state index in [4.69, 9.17) is 4.74 Å². The predicted molar refractivity (Wildman–Crippen MR) is 66.5 cm³/mol. The molecule has 2 rings (SSSR count). The summed E-state index contributed by atoms with van der Waals surface area (Å²) in [4.78, 5) is 11.8. The van der Waals surface area contributed by atoms with Gasteiger partial charge in [0.2, 0.25) is 15.9 Å². The van der Waals surface area contributed by atoms with Gasteiger partial charge in [-0.3, -0.25) is 4.79 Å². The first-order chi connectivity index (χ1) is 8.44. The van der Waals surface area contributed by atoms with E-state index in [1.807, 2.05) is 0 Å². The minimum Gasteiger partial charge on any atom is -0.497 e. The fraction of sp³-hybridized carbons (Fsp3) is 0.417. The van der Waals surface area contributed by atoms with E-state index in [2.05, 4.69) is 0 Å². The number of benzene rings is 1. The normalized spacial score (nSPS) is 22.2. The van der Waals surface area contributed by atoms with Crippen molar-refractivity contribution in [1.29, 1.82) is 0 Å². The molecule has 0 bridgehead atoms. The van der Waals surface area contributed by atoms with Crippen LogP contribution in [-0.4, -0.2) is 31.5 Å². The molecule has 1 unspecified atom stereocenters. The first-order valence-electron chi connectivity index (χ1n) is 5.61. The quantitative estimate of drug-likeness (QED) is 0.821. The second kappa shape index (κ2) is 4.61. The molecule has 0 N–H and O–H groups in total. The van der Waals surface area contributed by atoms with Gasteiger partial charge in [-0.25, -0.2) is 12.7 Å². The molecule has 1 aromatic carbocycles. The monoisotopic (exact) mass is 269 g/mol. The molecule has 1 amide bonds. The molecule has 1 heterocycles. The van der Waals surface area contributed by atoms with Gasteiger partial charge in [-0.1, -0.05) is 19.1 Å². The Morgan fingerprint density at radius 3 is 2.72 bits per heavy atom. The molecule has 1 aromatic rings. The highest BCUT2D eigenvalue weighted by Gasteiger charge is 2.40. The highest BCUT2D eigenvalue weighted by Crippen LogP contribution is 2.24. The molecule has 0 aliphatic carbocycles. The molecule has 18 heavy (non-hydrogen) atoms. The van der Waals surface area contributed by atoms with Crippen LogP contribution in [0.2, 0.25) is 0 Å². The molecule has 0 spiro atoms. The van der Waals surface area contributed by atoms with Crippen molar-refractivity contribution < 1.29 is 17.9 Å². The number of carbonyl (C=O) groups excluding carboxylic acids is 1. The van der Waals surface area contributed by atoms with Gasteiger partial charge in [0.1, 0.15) is 5.75 Å². The Morgan fingerprint density at radius 1 is 1.44 bits per heavy atom. The van der Waals surface area contributed by atoms with Crippen molar-refractivity contribution in [3.8, 4) is 5.75 Å². The first-order valence-corrected chi connectivity index (χ1v) is 7.22. The van der Waals surface area contributed by atoms with Gasteiger partial charge < -0.3 is 4.74 Å². The van der Waals surface area contributed by atoms with Crippen LogP contribution in [0.25, 0.3) is 0 Å². The highest BCUT2D eigenvalue weighted by molar-refractivity contribution is 7.90. The fourth-order valence-electron chi connectivity index (χ4n) is 1.97. The van der Waals surface area contributed by atoms with Crippen molar-refractivity contribution in [3.05, 3.63) is 29.8 Å². The SMILES string of the molecule is COc1cccc(CN2C(=O)C(C)CS2(=O)=O)c1. The second-order valence-corrected chi connectivity index (χ2v) is 6.31. The second-order valence-electron chi connectivity index (χ2n) is 4.38. The van der Waals surface area contributed by atoms with E-state index in [0.717, 1.165) is 9.87 Å². The molecule has 1 aliphatic rings. The summed E-state index contributed by atoms with van der Waals surface area (Å²) in [6.45, 7) is 1.70. The third kappa shape index (κ3) is 2.33. The topological polar surface area (TPSA) is 63.7 Å². The van der Waals surface area contributed by atoms with Crippen molar-refractivity contribution in [1.82, 2.24) is 4.31 Å². The Bertz CT molecular complexity index is 567. The van der Waals surface area contributed by atoms with E-state index in [1.165, 1.54) is 0 Å². The van der Waals surface area contributed by atoms with Crippen LogP contribution in [0.5, 0.6) is 5.75 Å². The standard InChI is InChI=1S/C12H15NO4S/c1-9-8-18(15,16)13(12(9)14)7-10-4-3-5-11(6-10)17-2/h3-6,9H,7-8H2,1-2H3. The maximum absolute atomic E-state index is 11.8. The average Bonchev–Trinajstić information content (AvgIpc) is 2.52. The van der Waals surface area contributed by atoms with Crippen LogP contribution in [0.1, 0.15) is 12.5 Å². The van der Waals surface area contributed by atoms with E-state index in [1.54, 1.807) is 38.3 Å². The van der Waals surface area contributed by atoms with Crippen molar-refractivity contribution in [2.24, 2.45) is 5.92 Å². The summed E-state index contributed by atoms with van der Waals surface area (Å²) in [5.41, 5.74) is 0.736. The maximum Gasteiger partial charge on any atom is 0.240 e. The minimum absolute atomic E-state index is 0.0721. The number of hydrogen-bond donors (Lipinski definition) is 0. The number of hydrogen-bond acceptors (Lipinski definition) is 4. The summed E-state index contributed by atoms with van der Waals surface area (Å²) in [7, 11) is -1.92. The largest absolute Gasteiger partial charge is 0.497 e. The highest BCUT2D eigenvalue weighted by atomic mass is 32.2. The summed E-state index contributed by atoms with van der Waals surface area (Å²) >= 11 is 0. The molecule has 6 heteroatoms. The molecule has 1 atom stereocenters. The Labute approximate surface area is 106 Å². The van der Waals surface area contributed by atoms with Crippen molar-refractivity contribution in [2.45, 2.75) is 13.5 Å². The lowest BCUT2D eigenvalue weighted by Gasteiger charge is -2.15. The average molecular weight is 269 g/mol. The molecule has 1 fully saturated rings. The minimum atomic E-state index is -3.46. The molecule has 0 saturated carbocycles. The van der Waals surface area contributed by atoms with Crippen LogP contribution in [0, 0.1) is 5.92 Å². The predicted octanol–water partition coefficient (Wildman–Crippen LogP) is 1.00.